The highest BCUT2D eigenvalue weighted by molar-refractivity contribution is 7.72. The van der Waals surface area contributed by atoms with E-state index in [0.29, 0.717) is 47.6 Å². The zero-order valence-electron chi connectivity index (χ0n) is 37.7. The topological polar surface area (TPSA) is 401 Å². The van der Waals surface area contributed by atoms with E-state index in [0.717, 1.165) is 43.2 Å². The summed E-state index contributed by atoms with van der Waals surface area (Å²) < 4.78 is 69.6. The van der Waals surface area contributed by atoms with Crippen molar-refractivity contribution >= 4 is 81.6 Å². The minimum atomic E-state index is -4.90. The number of rotatable bonds is 17. The minimum Gasteiger partial charge on any atom is -0.483 e. The highest BCUT2D eigenvalue weighted by Crippen LogP contribution is 2.60. The molecule has 3 aliphatic carbocycles. The summed E-state index contributed by atoms with van der Waals surface area (Å²) in [6, 6.07) is 5.77. The number of nitrogens with one attached hydrogen (secondary N) is 3. The lowest BCUT2D eigenvalue weighted by molar-refractivity contribution is -0.0331. The Morgan fingerprint density at radius 1 is 0.736 bits per heavy atom. The first-order chi connectivity index (χ1) is 33.8. The molecule has 5 aromatic rings. The van der Waals surface area contributed by atoms with Crippen LogP contribution in [-0.2, 0) is 39.6 Å². The van der Waals surface area contributed by atoms with Gasteiger partial charge in [0.25, 0.3) is 15.0 Å². The van der Waals surface area contributed by atoms with Crippen molar-refractivity contribution in [2.75, 3.05) is 30.2 Å². The number of aliphatic hydroxyl groups is 3. The smallest absolute Gasteiger partial charge is 0.336 e. The van der Waals surface area contributed by atoms with E-state index >= 15 is 0 Å². The monoisotopic (exact) mass is 1120 g/mol. The molecule has 10 atom stereocenters. The summed E-state index contributed by atoms with van der Waals surface area (Å²) in [5.41, 5.74) is 3.58. The van der Waals surface area contributed by atoms with Gasteiger partial charge in [-0.25, -0.2) is 25.1 Å². The molecule has 12 N–H and O–H groups in total. The van der Waals surface area contributed by atoms with Gasteiger partial charge in [0.15, 0.2) is 41.2 Å². The number of aryl methyl sites for hydroxylation is 1. The molecule has 6 heterocycles. The fraction of sp³-hybridized carbons (Fsp3) is 0.590. The van der Waals surface area contributed by atoms with Crippen molar-refractivity contribution < 1.29 is 77.2 Å². The summed E-state index contributed by atoms with van der Waals surface area (Å²) in [6.45, 7) is -1.01. The van der Waals surface area contributed by atoms with Crippen molar-refractivity contribution in [1.29, 1.82) is 0 Å². The Hall–Kier alpha value is -3.10. The lowest BCUT2D eigenvalue weighted by Gasteiger charge is -2.46. The van der Waals surface area contributed by atoms with Gasteiger partial charge in [0.05, 0.1) is 18.3 Å². The van der Waals surface area contributed by atoms with Crippen molar-refractivity contribution in [2.24, 2.45) is 0 Å². The second kappa shape index (κ2) is 19.5. The molecule has 27 nitrogen and oxygen atoms in total. The van der Waals surface area contributed by atoms with Crippen molar-refractivity contribution in [3.63, 3.8) is 0 Å². The highest BCUT2D eigenvalue weighted by Gasteiger charge is 2.52. The number of benzene rings is 1. The van der Waals surface area contributed by atoms with Crippen LogP contribution in [0.25, 0.3) is 22.3 Å². The first kappa shape index (κ1) is 52.3. The van der Waals surface area contributed by atoms with E-state index in [1.54, 1.807) is 6.07 Å². The molecule has 2 saturated heterocycles. The van der Waals surface area contributed by atoms with E-state index in [-0.39, 0.29) is 39.2 Å². The largest absolute Gasteiger partial charge is 0.483 e. The third-order valence-corrected chi connectivity index (χ3v) is 21.7. The lowest BCUT2D eigenvalue weighted by atomic mass is 9.58. The van der Waals surface area contributed by atoms with Crippen molar-refractivity contribution in [1.82, 2.24) is 49.2 Å². The number of halogens is 2. The summed E-state index contributed by atoms with van der Waals surface area (Å²) in [7, 11) is -18.9. The van der Waals surface area contributed by atoms with E-state index in [9.17, 15) is 53.2 Å². The summed E-state index contributed by atoms with van der Waals surface area (Å²) in [4.78, 5) is 84.3. The SMILES string of the molecule is O=P(O)(O)CP(=O)(O)NC[C@H]1O[C@@H](n2cnc3c(C4CC5(CCc6cc(OC7C(O)[C@@H](CNP(=O)(O)CP(=O)(O)O)O[C@H]7n7cnc8c(NC9CCCC9)nc(Cl)nc87)ccc65)C4)nc(Cl)nc32)C(O)C1O. The van der Waals surface area contributed by atoms with Crippen LogP contribution in [0, 0.1) is 0 Å². The van der Waals surface area contributed by atoms with Crippen molar-refractivity contribution in [2.45, 2.75) is 118 Å². The van der Waals surface area contributed by atoms with Crippen LogP contribution < -0.4 is 20.2 Å². The molecule has 392 valence electrons. The number of anilines is 1. The van der Waals surface area contributed by atoms with Crippen molar-refractivity contribution in [3.8, 4) is 5.75 Å². The number of hydrogen-bond donors (Lipinski definition) is 12. The fourth-order valence-electron chi connectivity index (χ4n) is 10.8. The number of nitrogens with zero attached hydrogens (tertiary/aromatic N) is 8. The average molecular weight is 1120 g/mol. The Bertz CT molecular complexity index is 3100. The standard InChI is InChI=1S/C39H51Cl2N11O16P4/c40-37-47-25(26-33(49-37)51(14-42-26)35-30(55)28(53)23(67-35)12-44-69(56,57)16-71(60,61)62)19-10-39(11-19)8-7-18-9-21(5-6-22(18)39)66-31-29(54)24(13-45-70(58,59)17-72(63,64)65)68-36(31)52-15-43-27-32(46-20-3-1-2-4-20)48-38(41)50-34(27)52/h5-6,9,14-15,19-20,23-24,28-31,35-36,53-55H,1-4,7-8,10-13,16-17H2,(H2,44,56,57)(H2,45,58,59)(H,46,48,50)(H2,60,61,62)(H2,63,64,65)/t19?,23-,24-,28?,29?,30?,31?,35-,36-,39?/m1/s1. The van der Waals surface area contributed by atoms with Crippen molar-refractivity contribution in [3.05, 3.63) is 58.2 Å². The quantitative estimate of drug-likeness (QED) is 0.0470. The van der Waals surface area contributed by atoms with Gasteiger partial charge < -0.3 is 64.2 Å². The third-order valence-electron chi connectivity index (χ3n) is 14.0. The van der Waals surface area contributed by atoms with E-state index < -0.39 is 104 Å². The summed E-state index contributed by atoms with van der Waals surface area (Å²) in [5, 5.41) is 41.2. The molecule has 2 saturated carbocycles. The molecule has 4 fully saturated rings. The Morgan fingerprint density at radius 3 is 1.94 bits per heavy atom. The number of aromatic nitrogens is 8. The molecule has 1 aromatic carbocycles. The lowest BCUT2D eigenvalue weighted by Crippen LogP contribution is -2.40. The van der Waals surface area contributed by atoms with Crippen LogP contribution in [0.4, 0.5) is 5.82 Å². The van der Waals surface area contributed by atoms with Crippen LogP contribution in [0.5, 0.6) is 5.75 Å². The van der Waals surface area contributed by atoms with E-state index in [1.165, 1.54) is 21.8 Å². The number of aliphatic hydroxyl groups excluding tert-OH is 3. The van der Waals surface area contributed by atoms with Gasteiger partial charge in [0.1, 0.15) is 53.6 Å². The van der Waals surface area contributed by atoms with Crippen LogP contribution in [-0.4, -0.2) is 151 Å². The van der Waals surface area contributed by atoms with Crippen LogP contribution in [0.1, 0.15) is 80.1 Å². The first-order valence-electron chi connectivity index (χ1n) is 22.8. The normalized spacial score (nSPS) is 30.5. The molecule has 0 bridgehead atoms. The second-order valence-corrected chi connectivity index (χ2v) is 28.2. The maximum atomic E-state index is 12.7. The minimum absolute atomic E-state index is 0.0746. The second-order valence-electron chi connectivity index (χ2n) is 19.1. The molecule has 0 amide bonds. The summed E-state index contributed by atoms with van der Waals surface area (Å²) in [6.07, 6.45) is -1.15. The Labute approximate surface area is 418 Å². The zero-order valence-corrected chi connectivity index (χ0v) is 42.7. The predicted molar refractivity (Wildman–Crippen MR) is 255 cm³/mol. The molecule has 33 heteroatoms. The third kappa shape index (κ3) is 10.7. The van der Waals surface area contributed by atoms with Gasteiger partial charge in [-0.05, 0) is 90.4 Å². The van der Waals surface area contributed by atoms with Gasteiger partial charge in [-0.1, -0.05) is 18.9 Å². The molecule has 5 aliphatic rings. The molecular weight excluding hydrogens is 1070 g/mol. The number of ether oxygens (including phenoxy) is 3. The number of imidazole rings is 2. The van der Waals surface area contributed by atoms with Crippen LogP contribution >= 0.6 is 53.4 Å². The molecule has 72 heavy (non-hydrogen) atoms. The molecule has 1 spiro atoms. The van der Waals surface area contributed by atoms with Gasteiger partial charge in [-0.15, -0.1) is 0 Å². The molecular formula is C39H51Cl2N11O16P4. The maximum Gasteiger partial charge on any atom is 0.336 e. The molecule has 10 rings (SSSR count). The van der Waals surface area contributed by atoms with Gasteiger partial charge in [-0.3, -0.25) is 27.4 Å². The summed E-state index contributed by atoms with van der Waals surface area (Å²) >= 11 is 12.9. The highest BCUT2D eigenvalue weighted by atomic mass is 35.5. The van der Waals surface area contributed by atoms with Gasteiger partial charge in [0.2, 0.25) is 10.6 Å². The zero-order chi connectivity index (χ0) is 51.3. The average Bonchev–Trinajstić information content (AvgIpc) is 4.13. The number of hydrogen-bond acceptors (Lipinski definition) is 17. The predicted octanol–water partition coefficient (Wildman–Crippen LogP) is 2.53. The fourth-order valence-corrected chi connectivity index (χ4v) is 16.8. The van der Waals surface area contributed by atoms with Crippen LogP contribution in [0.2, 0.25) is 10.6 Å². The Morgan fingerprint density at radius 2 is 1.31 bits per heavy atom. The Kier molecular flexibility index (Phi) is 14.2. The van der Waals surface area contributed by atoms with E-state index in [4.69, 9.17) is 47.2 Å². The Balaban J connectivity index is 0.865. The van der Waals surface area contributed by atoms with Gasteiger partial charge in [-0.2, -0.15) is 15.0 Å². The number of fused-ring (bicyclic) bond motifs is 4. The van der Waals surface area contributed by atoms with Crippen LogP contribution in [0.3, 0.4) is 0 Å². The molecule has 0 radical (unpaired) electrons. The molecule has 6 unspecified atom stereocenters. The van der Waals surface area contributed by atoms with Gasteiger partial charge in [0, 0.05) is 25.0 Å². The maximum absolute atomic E-state index is 12.7. The van der Waals surface area contributed by atoms with Gasteiger partial charge >= 0.3 is 15.2 Å². The van der Waals surface area contributed by atoms with E-state index in [2.05, 4.69) is 45.4 Å². The summed E-state index contributed by atoms with van der Waals surface area (Å²) in [5.74, 6) is -2.00. The van der Waals surface area contributed by atoms with Crippen LogP contribution in [0.15, 0.2) is 30.9 Å². The first-order valence-corrected chi connectivity index (χ1v) is 30.8. The van der Waals surface area contributed by atoms with E-state index in [1.807, 2.05) is 12.1 Å². The molecule has 4 aromatic heterocycles. The molecule has 2 aliphatic heterocycles.